The third-order valence-corrected chi connectivity index (χ3v) is 5.71. The Balaban J connectivity index is 1.60. The minimum atomic E-state index is -0.151. The van der Waals surface area contributed by atoms with Crippen LogP contribution in [0.15, 0.2) is 42.2 Å². The van der Waals surface area contributed by atoms with Crippen molar-refractivity contribution in [2.75, 3.05) is 13.2 Å². The second kappa shape index (κ2) is 8.29. The number of phenols is 1. The van der Waals surface area contributed by atoms with E-state index in [9.17, 15) is 9.90 Å². The van der Waals surface area contributed by atoms with E-state index in [2.05, 4.69) is 11.8 Å². The highest BCUT2D eigenvalue weighted by molar-refractivity contribution is 6.15. The Morgan fingerprint density at radius 2 is 2.00 bits per heavy atom. The van der Waals surface area contributed by atoms with Gasteiger partial charge in [-0.3, -0.25) is 9.69 Å². The standard InChI is InChI=1S/C24H27NO4/c1-3-28-18-9-7-17(8-10-18)14-22-23(27)19-11-12-21(26)20(24(19)29-22)15-25-13-5-4-6-16(25)2/h7-12,14,16,26H,3-6,13,15H2,1-2H3/b22-14-/t16-/m0/s1. The number of ketones is 1. The maximum atomic E-state index is 12.9. The van der Waals surface area contributed by atoms with Crippen LogP contribution in [0, 0.1) is 0 Å². The molecule has 1 N–H and O–H groups in total. The Labute approximate surface area is 171 Å². The van der Waals surface area contributed by atoms with Gasteiger partial charge in [-0.1, -0.05) is 18.6 Å². The van der Waals surface area contributed by atoms with E-state index < -0.39 is 0 Å². The summed E-state index contributed by atoms with van der Waals surface area (Å²) in [4.78, 5) is 15.2. The van der Waals surface area contributed by atoms with Crippen LogP contribution < -0.4 is 9.47 Å². The minimum Gasteiger partial charge on any atom is -0.507 e. The Hall–Kier alpha value is -2.79. The van der Waals surface area contributed by atoms with Crippen LogP contribution in [0.2, 0.25) is 0 Å². The zero-order valence-corrected chi connectivity index (χ0v) is 17.0. The predicted octanol–water partition coefficient (Wildman–Crippen LogP) is 4.78. The number of hydrogen-bond acceptors (Lipinski definition) is 5. The Morgan fingerprint density at radius 3 is 2.72 bits per heavy atom. The van der Waals surface area contributed by atoms with Crippen LogP contribution in [0.5, 0.6) is 17.2 Å². The second-order valence-electron chi connectivity index (χ2n) is 7.70. The molecule has 0 radical (unpaired) electrons. The van der Waals surface area contributed by atoms with E-state index in [4.69, 9.17) is 9.47 Å². The number of rotatable bonds is 5. The van der Waals surface area contributed by atoms with Crippen molar-refractivity contribution in [2.24, 2.45) is 0 Å². The molecule has 29 heavy (non-hydrogen) atoms. The first-order valence-corrected chi connectivity index (χ1v) is 10.3. The Morgan fingerprint density at radius 1 is 1.21 bits per heavy atom. The number of likely N-dealkylation sites (tertiary alicyclic amines) is 1. The van der Waals surface area contributed by atoms with E-state index in [0.29, 0.717) is 36.1 Å². The molecule has 2 aromatic rings. The zero-order valence-electron chi connectivity index (χ0n) is 17.0. The van der Waals surface area contributed by atoms with E-state index >= 15 is 0 Å². The fourth-order valence-corrected chi connectivity index (χ4v) is 4.02. The summed E-state index contributed by atoms with van der Waals surface area (Å²) in [5.41, 5.74) is 2.07. The van der Waals surface area contributed by atoms with Crippen LogP contribution in [0.25, 0.3) is 6.08 Å². The maximum Gasteiger partial charge on any atom is 0.231 e. The number of phenolic OH excluding ortho intramolecular Hbond substituents is 1. The highest BCUT2D eigenvalue weighted by Gasteiger charge is 2.32. The van der Waals surface area contributed by atoms with Gasteiger partial charge in [0.2, 0.25) is 5.78 Å². The molecular formula is C24H27NO4. The topological polar surface area (TPSA) is 59.0 Å². The lowest BCUT2D eigenvalue weighted by atomic mass is 10.0. The van der Waals surface area contributed by atoms with Gasteiger partial charge in [0.05, 0.1) is 17.7 Å². The fraction of sp³-hybridized carbons (Fsp3) is 0.375. The molecule has 2 aliphatic heterocycles. The fourth-order valence-electron chi connectivity index (χ4n) is 4.02. The van der Waals surface area contributed by atoms with Crippen LogP contribution in [0.1, 0.15) is 54.6 Å². The molecule has 0 bridgehead atoms. The van der Waals surface area contributed by atoms with E-state index in [0.717, 1.165) is 30.7 Å². The van der Waals surface area contributed by atoms with Crippen molar-refractivity contribution in [3.63, 3.8) is 0 Å². The van der Waals surface area contributed by atoms with Gasteiger partial charge in [-0.2, -0.15) is 0 Å². The number of carbonyl (C=O) groups excluding carboxylic acids is 1. The molecule has 1 atom stereocenters. The average molecular weight is 393 g/mol. The first-order chi connectivity index (χ1) is 14.1. The van der Waals surface area contributed by atoms with E-state index in [1.807, 2.05) is 31.2 Å². The van der Waals surface area contributed by atoms with Crippen molar-refractivity contribution >= 4 is 11.9 Å². The van der Waals surface area contributed by atoms with Crippen molar-refractivity contribution in [3.05, 3.63) is 58.8 Å². The lowest BCUT2D eigenvalue weighted by Gasteiger charge is -2.33. The lowest BCUT2D eigenvalue weighted by Crippen LogP contribution is -2.36. The number of fused-ring (bicyclic) bond motifs is 1. The molecule has 0 aliphatic carbocycles. The van der Waals surface area contributed by atoms with Crippen LogP contribution >= 0.6 is 0 Å². The van der Waals surface area contributed by atoms with Crippen LogP contribution in [-0.2, 0) is 6.54 Å². The normalized spacial score (nSPS) is 20.6. The third kappa shape index (κ3) is 4.01. The summed E-state index contributed by atoms with van der Waals surface area (Å²) in [6, 6.07) is 11.2. The lowest BCUT2D eigenvalue weighted by molar-refractivity contribution is 0.101. The third-order valence-electron chi connectivity index (χ3n) is 5.71. The summed E-state index contributed by atoms with van der Waals surface area (Å²) in [6.45, 7) is 6.34. The summed E-state index contributed by atoms with van der Waals surface area (Å²) in [7, 11) is 0. The van der Waals surface area contributed by atoms with Gasteiger partial charge in [0.1, 0.15) is 17.2 Å². The molecule has 0 amide bonds. The molecule has 152 valence electrons. The zero-order chi connectivity index (χ0) is 20.4. The molecule has 0 spiro atoms. The highest BCUT2D eigenvalue weighted by atomic mass is 16.5. The van der Waals surface area contributed by atoms with Gasteiger partial charge in [-0.25, -0.2) is 0 Å². The number of hydrogen-bond donors (Lipinski definition) is 1. The van der Waals surface area contributed by atoms with Crippen LogP contribution in [-0.4, -0.2) is 35.0 Å². The molecule has 0 unspecified atom stereocenters. The summed E-state index contributed by atoms with van der Waals surface area (Å²) in [5, 5.41) is 10.5. The number of piperidine rings is 1. The molecular weight excluding hydrogens is 366 g/mol. The molecule has 5 heteroatoms. The number of nitrogens with zero attached hydrogens (tertiary/aromatic N) is 1. The van der Waals surface area contributed by atoms with Gasteiger partial charge in [-0.15, -0.1) is 0 Å². The van der Waals surface area contributed by atoms with E-state index in [-0.39, 0.29) is 17.3 Å². The van der Waals surface area contributed by atoms with Gasteiger partial charge in [0.15, 0.2) is 5.76 Å². The van der Waals surface area contributed by atoms with Crippen LogP contribution in [0.4, 0.5) is 0 Å². The Kier molecular flexibility index (Phi) is 5.58. The maximum absolute atomic E-state index is 12.9. The van der Waals surface area contributed by atoms with Crippen molar-refractivity contribution < 1.29 is 19.4 Å². The molecule has 1 fully saturated rings. The second-order valence-corrected chi connectivity index (χ2v) is 7.70. The van der Waals surface area contributed by atoms with Crippen molar-refractivity contribution in [2.45, 2.75) is 45.7 Å². The van der Waals surface area contributed by atoms with Crippen molar-refractivity contribution in [1.82, 2.24) is 4.90 Å². The van der Waals surface area contributed by atoms with E-state index in [1.165, 1.54) is 6.42 Å². The highest BCUT2D eigenvalue weighted by Crippen LogP contribution is 2.40. The van der Waals surface area contributed by atoms with Gasteiger partial charge in [-0.05, 0) is 69.1 Å². The smallest absolute Gasteiger partial charge is 0.231 e. The molecule has 5 nitrogen and oxygen atoms in total. The average Bonchev–Trinajstić information content (AvgIpc) is 3.03. The van der Waals surface area contributed by atoms with Gasteiger partial charge in [0.25, 0.3) is 0 Å². The largest absolute Gasteiger partial charge is 0.507 e. The molecule has 2 aliphatic rings. The van der Waals surface area contributed by atoms with Gasteiger partial charge < -0.3 is 14.6 Å². The minimum absolute atomic E-state index is 0.151. The van der Waals surface area contributed by atoms with Gasteiger partial charge in [0, 0.05) is 12.6 Å². The number of aromatic hydroxyl groups is 1. The molecule has 0 aromatic heterocycles. The number of ether oxygens (including phenoxy) is 2. The first kappa shape index (κ1) is 19.5. The van der Waals surface area contributed by atoms with Crippen molar-refractivity contribution in [3.8, 4) is 17.2 Å². The van der Waals surface area contributed by atoms with Crippen molar-refractivity contribution in [1.29, 1.82) is 0 Å². The summed E-state index contributed by atoms with van der Waals surface area (Å²) >= 11 is 0. The predicted molar refractivity (Wildman–Crippen MR) is 112 cm³/mol. The number of carbonyl (C=O) groups is 1. The Bertz CT molecular complexity index is 933. The number of allylic oxidation sites excluding steroid dienone is 1. The number of benzene rings is 2. The summed E-state index contributed by atoms with van der Waals surface area (Å²) < 4.78 is 11.4. The monoisotopic (exact) mass is 393 g/mol. The quantitative estimate of drug-likeness (QED) is 0.741. The molecule has 2 aromatic carbocycles. The van der Waals surface area contributed by atoms with E-state index in [1.54, 1.807) is 18.2 Å². The molecule has 2 heterocycles. The first-order valence-electron chi connectivity index (χ1n) is 10.3. The van der Waals surface area contributed by atoms with Crippen LogP contribution in [0.3, 0.4) is 0 Å². The molecule has 4 rings (SSSR count). The van der Waals surface area contributed by atoms with Gasteiger partial charge >= 0.3 is 0 Å². The number of Topliss-reactive ketones (excluding diaryl/α,β-unsaturated/α-hetero) is 1. The molecule has 0 saturated carbocycles. The summed E-state index contributed by atoms with van der Waals surface area (Å²) in [5.74, 6) is 1.59. The SMILES string of the molecule is CCOc1ccc(/C=C2\Oc3c(ccc(O)c3CN3CCCC[C@@H]3C)C2=O)cc1. The summed E-state index contributed by atoms with van der Waals surface area (Å²) in [6.07, 6.45) is 5.28. The molecule has 1 saturated heterocycles.